The first-order valence-corrected chi connectivity index (χ1v) is 5.44. The van der Waals surface area contributed by atoms with Gasteiger partial charge in [0.25, 0.3) is 0 Å². The van der Waals surface area contributed by atoms with Crippen molar-refractivity contribution in [1.29, 1.82) is 0 Å². The van der Waals surface area contributed by atoms with Gasteiger partial charge in [0.2, 0.25) is 0 Å². The van der Waals surface area contributed by atoms with Crippen LogP contribution in [-0.4, -0.2) is 37.5 Å². The maximum Gasteiger partial charge on any atom is 0.323 e. The Morgan fingerprint density at radius 2 is 2.00 bits per heavy atom. The number of esters is 2. The summed E-state index contributed by atoms with van der Waals surface area (Å²) in [7, 11) is 1.19. The SMILES string of the molecule is CC[C@H](C)[C@H](N)C(=O)OC(C=O)CC(=O)OC. The molecule has 6 heteroatoms. The number of rotatable bonds is 7. The monoisotopic (exact) mass is 245 g/mol. The second-order valence-corrected chi connectivity index (χ2v) is 3.80. The van der Waals surface area contributed by atoms with Crippen LogP contribution in [0.5, 0.6) is 0 Å². The van der Waals surface area contributed by atoms with E-state index in [0.717, 1.165) is 6.42 Å². The Kier molecular flexibility index (Phi) is 7.13. The molecule has 0 rings (SSSR count). The Morgan fingerprint density at radius 1 is 1.41 bits per heavy atom. The average molecular weight is 245 g/mol. The van der Waals surface area contributed by atoms with Crippen molar-refractivity contribution in [2.45, 2.75) is 38.8 Å². The second-order valence-electron chi connectivity index (χ2n) is 3.80. The van der Waals surface area contributed by atoms with Crippen molar-refractivity contribution in [3.63, 3.8) is 0 Å². The van der Waals surface area contributed by atoms with Crippen molar-refractivity contribution in [3.05, 3.63) is 0 Å². The molecule has 17 heavy (non-hydrogen) atoms. The van der Waals surface area contributed by atoms with Crippen molar-refractivity contribution in [2.24, 2.45) is 11.7 Å². The van der Waals surface area contributed by atoms with Gasteiger partial charge in [-0.25, -0.2) is 0 Å². The topological polar surface area (TPSA) is 95.7 Å². The van der Waals surface area contributed by atoms with E-state index in [0.29, 0.717) is 6.29 Å². The van der Waals surface area contributed by atoms with Crippen molar-refractivity contribution in [1.82, 2.24) is 0 Å². The van der Waals surface area contributed by atoms with Crippen LogP contribution >= 0.6 is 0 Å². The molecule has 3 atom stereocenters. The molecule has 0 aromatic rings. The number of carbonyl (C=O) groups excluding carboxylic acids is 3. The van der Waals surface area contributed by atoms with Crippen LogP contribution in [0.25, 0.3) is 0 Å². The van der Waals surface area contributed by atoms with Gasteiger partial charge in [-0.05, 0) is 5.92 Å². The van der Waals surface area contributed by atoms with E-state index < -0.39 is 24.1 Å². The van der Waals surface area contributed by atoms with Gasteiger partial charge in [-0.2, -0.15) is 0 Å². The summed E-state index contributed by atoms with van der Waals surface area (Å²) in [5, 5.41) is 0. The molecule has 0 aliphatic heterocycles. The first-order chi connectivity index (χ1) is 7.96. The van der Waals surface area contributed by atoms with Gasteiger partial charge in [-0.1, -0.05) is 20.3 Å². The van der Waals surface area contributed by atoms with E-state index in [1.165, 1.54) is 7.11 Å². The summed E-state index contributed by atoms with van der Waals surface area (Å²) >= 11 is 0. The molecule has 0 aromatic heterocycles. The zero-order chi connectivity index (χ0) is 13.4. The van der Waals surface area contributed by atoms with Crippen molar-refractivity contribution in [2.75, 3.05) is 7.11 Å². The molecule has 0 saturated carbocycles. The highest BCUT2D eigenvalue weighted by Gasteiger charge is 2.25. The summed E-state index contributed by atoms with van der Waals surface area (Å²) in [5.41, 5.74) is 5.63. The Hall–Kier alpha value is -1.43. The van der Waals surface area contributed by atoms with Crippen LogP contribution in [0.4, 0.5) is 0 Å². The Bertz CT molecular complexity index is 279. The molecular weight excluding hydrogens is 226 g/mol. The maximum absolute atomic E-state index is 11.5. The van der Waals surface area contributed by atoms with Crippen molar-refractivity contribution in [3.8, 4) is 0 Å². The maximum atomic E-state index is 11.5. The molecular formula is C11H19NO5. The van der Waals surface area contributed by atoms with Gasteiger partial charge in [-0.15, -0.1) is 0 Å². The van der Waals surface area contributed by atoms with Gasteiger partial charge in [0.1, 0.15) is 6.04 Å². The van der Waals surface area contributed by atoms with Crippen molar-refractivity contribution < 1.29 is 23.9 Å². The minimum atomic E-state index is -1.13. The fraction of sp³-hybridized carbons (Fsp3) is 0.727. The summed E-state index contributed by atoms with van der Waals surface area (Å²) in [4.78, 5) is 33.1. The van der Waals surface area contributed by atoms with Gasteiger partial charge in [0.15, 0.2) is 12.4 Å². The molecule has 1 unspecified atom stereocenters. The van der Waals surface area contributed by atoms with E-state index in [1.807, 2.05) is 13.8 Å². The fourth-order valence-corrected chi connectivity index (χ4v) is 1.08. The van der Waals surface area contributed by atoms with Crippen LogP contribution in [0.15, 0.2) is 0 Å². The number of hydrogen-bond donors (Lipinski definition) is 1. The number of carbonyl (C=O) groups is 3. The third kappa shape index (κ3) is 5.44. The third-order valence-electron chi connectivity index (χ3n) is 2.54. The van der Waals surface area contributed by atoms with Crippen LogP contribution in [-0.2, 0) is 23.9 Å². The molecule has 0 spiro atoms. The van der Waals surface area contributed by atoms with E-state index in [1.54, 1.807) is 0 Å². The fourth-order valence-electron chi connectivity index (χ4n) is 1.08. The molecule has 0 bridgehead atoms. The van der Waals surface area contributed by atoms with Crippen LogP contribution in [0.1, 0.15) is 26.7 Å². The molecule has 0 aliphatic rings. The molecule has 0 radical (unpaired) electrons. The smallest absolute Gasteiger partial charge is 0.323 e. The van der Waals surface area contributed by atoms with E-state index >= 15 is 0 Å². The van der Waals surface area contributed by atoms with Crippen LogP contribution in [0, 0.1) is 5.92 Å². The first-order valence-electron chi connectivity index (χ1n) is 5.44. The Morgan fingerprint density at radius 3 is 2.41 bits per heavy atom. The van der Waals surface area contributed by atoms with Crippen LogP contribution in [0.3, 0.4) is 0 Å². The lowest BCUT2D eigenvalue weighted by Crippen LogP contribution is -2.40. The first kappa shape index (κ1) is 15.6. The van der Waals surface area contributed by atoms with Gasteiger partial charge >= 0.3 is 11.9 Å². The number of nitrogens with two attached hydrogens (primary N) is 1. The predicted octanol–water partition coefficient (Wildman–Crippen LogP) is 0.0336. The van der Waals surface area contributed by atoms with Gasteiger partial charge < -0.3 is 15.2 Å². The molecule has 0 fully saturated rings. The summed E-state index contributed by atoms with van der Waals surface area (Å²) in [6.07, 6.45) is -0.319. The molecule has 0 aromatic carbocycles. The summed E-state index contributed by atoms with van der Waals surface area (Å²) in [5.74, 6) is -1.35. The zero-order valence-electron chi connectivity index (χ0n) is 10.3. The minimum absolute atomic E-state index is 0.0482. The average Bonchev–Trinajstić information content (AvgIpc) is 2.35. The van der Waals surface area contributed by atoms with E-state index in [4.69, 9.17) is 10.5 Å². The number of hydrogen-bond acceptors (Lipinski definition) is 6. The van der Waals surface area contributed by atoms with E-state index in [-0.39, 0.29) is 12.3 Å². The third-order valence-corrected chi connectivity index (χ3v) is 2.54. The Balaban J connectivity index is 4.32. The lowest BCUT2D eigenvalue weighted by atomic mass is 10.0. The Labute approximate surface area is 100 Å². The van der Waals surface area contributed by atoms with Gasteiger partial charge in [0.05, 0.1) is 13.5 Å². The van der Waals surface area contributed by atoms with Gasteiger partial charge in [0, 0.05) is 0 Å². The molecule has 98 valence electrons. The highest BCUT2D eigenvalue weighted by Crippen LogP contribution is 2.08. The van der Waals surface area contributed by atoms with Crippen molar-refractivity contribution >= 4 is 18.2 Å². The minimum Gasteiger partial charge on any atom is -0.469 e. The summed E-state index contributed by atoms with van der Waals surface area (Å²) < 4.78 is 9.20. The largest absolute Gasteiger partial charge is 0.469 e. The highest BCUT2D eigenvalue weighted by atomic mass is 16.6. The van der Waals surface area contributed by atoms with Crippen LogP contribution in [0.2, 0.25) is 0 Å². The molecule has 6 nitrogen and oxygen atoms in total. The molecule has 0 amide bonds. The predicted molar refractivity (Wildman–Crippen MR) is 60.0 cm³/mol. The second kappa shape index (κ2) is 7.78. The number of ether oxygens (including phenoxy) is 2. The van der Waals surface area contributed by atoms with Gasteiger partial charge in [-0.3, -0.25) is 14.4 Å². The molecule has 2 N–H and O–H groups in total. The molecule has 0 heterocycles. The summed E-state index contributed by atoms with van der Waals surface area (Å²) in [6.45, 7) is 3.70. The highest BCUT2D eigenvalue weighted by molar-refractivity contribution is 5.80. The normalized spacial score (nSPS) is 15.5. The number of methoxy groups -OCH3 is 1. The lowest BCUT2D eigenvalue weighted by Gasteiger charge is -2.19. The van der Waals surface area contributed by atoms with Crippen LogP contribution < -0.4 is 5.73 Å². The van der Waals surface area contributed by atoms with E-state index in [2.05, 4.69) is 4.74 Å². The lowest BCUT2D eigenvalue weighted by molar-refractivity contribution is -0.158. The quantitative estimate of drug-likeness (QED) is 0.502. The van der Waals surface area contributed by atoms with E-state index in [9.17, 15) is 14.4 Å². The molecule has 0 aliphatic carbocycles. The number of aldehydes is 1. The molecule has 0 saturated heterocycles. The summed E-state index contributed by atoms with van der Waals surface area (Å²) in [6, 6.07) is -0.792. The zero-order valence-corrected chi connectivity index (χ0v) is 10.3. The standard InChI is InChI=1S/C11H19NO5/c1-4-7(2)10(12)11(15)17-8(6-13)5-9(14)16-3/h6-8,10H,4-5,12H2,1-3H3/t7-,8?,10-/m0/s1.